The number of aliphatic carboxylic acids is 1. The van der Waals surface area contributed by atoms with Crippen LogP contribution in [0.15, 0.2) is 22.1 Å². The van der Waals surface area contributed by atoms with E-state index < -0.39 is 23.3 Å². The number of ether oxygens (including phenoxy) is 1. The van der Waals surface area contributed by atoms with Crippen LogP contribution < -0.4 is 4.90 Å². The van der Waals surface area contributed by atoms with Crippen molar-refractivity contribution in [2.24, 2.45) is 21.8 Å². The van der Waals surface area contributed by atoms with E-state index in [1.165, 1.54) is 25.0 Å². The van der Waals surface area contributed by atoms with Gasteiger partial charge in [-0.05, 0) is 50.2 Å². The molecule has 0 bridgehead atoms. The molecule has 0 amide bonds. The minimum atomic E-state index is -0.895. The van der Waals surface area contributed by atoms with Gasteiger partial charge in [-0.1, -0.05) is 0 Å². The first kappa shape index (κ1) is 19.9. The topological polar surface area (TPSA) is 74.5 Å². The Hall–Kier alpha value is -2.35. The zero-order valence-electron chi connectivity index (χ0n) is 16.4. The lowest BCUT2D eigenvalue weighted by atomic mass is 10.1. The molecule has 0 aromatic heterocycles. The van der Waals surface area contributed by atoms with Crippen LogP contribution in [0.4, 0.5) is 14.5 Å². The number of rotatable bonds is 7. The normalized spacial score (nSPS) is 26.7. The monoisotopic (exact) mass is 405 g/mol. The van der Waals surface area contributed by atoms with Crippen molar-refractivity contribution in [1.29, 1.82) is 0 Å². The van der Waals surface area contributed by atoms with Crippen molar-refractivity contribution < 1.29 is 23.4 Å². The Balaban J connectivity index is 1.53. The van der Waals surface area contributed by atoms with Gasteiger partial charge in [-0.15, -0.1) is 0 Å². The molecule has 1 N–H and O–H groups in total. The molecule has 1 saturated carbocycles. The predicted octanol–water partition coefficient (Wildman–Crippen LogP) is 3.63. The van der Waals surface area contributed by atoms with Crippen LogP contribution in [0.5, 0.6) is 0 Å². The number of hydrogen-bond acceptors (Lipinski definition) is 5. The summed E-state index contributed by atoms with van der Waals surface area (Å²) in [6.07, 6.45) is 5.13. The molecule has 2 heterocycles. The molecule has 2 fully saturated rings. The molecule has 6 nitrogen and oxygen atoms in total. The SMILES string of the molecule is CC1(OCC2CC2)CC=NC(c2cc(F)c(N3CCC(CC(=O)O)C3)c(F)c2)=N1. The Morgan fingerprint density at radius 1 is 1.28 bits per heavy atom. The first-order chi connectivity index (χ1) is 13.8. The maximum atomic E-state index is 14.8. The fraction of sp³-hybridized carbons (Fsp3) is 0.571. The summed E-state index contributed by atoms with van der Waals surface area (Å²) in [5, 5.41) is 8.93. The fourth-order valence-electron chi connectivity index (χ4n) is 3.86. The van der Waals surface area contributed by atoms with E-state index in [1.807, 2.05) is 6.92 Å². The fourth-order valence-corrected chi connectivity index (χ4v) is 3.86. The van der Waals surface area contributed by atoms with Crippen LogP contribution in [-0.2, 0) is 9.53 Å². The van der Waals surface area contributed by atoms with Gasteiger partial charge in [-0.25, -0.2) is 18.8 Å². The molecular formula is C21H25F2N3O3. The number of carboxylic acids is 1. The van der Waals surface area contributed by atoms with E-state index in [0.29, 0.717) is 38.5 Å². The molecule has 156 valence electrons. The third kappa shape index (κ3) is 4.63. The molecule has 1 aromatic rings. The largest absolute Gasteiger partial charge is 0.481 e. The summed E-state index contributed by atoms with van der Waals surface area (Å²) in [7, 11) is 0. The summed E-state index contributed by atoms with van der Waals surface area (Å²) in [6, 6.07) is 2.48. The summed E-state index contributed by atoms with van der Waals surface area (Å²) in [6.45, 7) is 3.24. The highest BCUT2D eigenvalue weighted by Gasteiger charge is 2.32. The number of halogens is 2. The van der Waals surface area contributed by atoms with Crippen molar-refractivity contribution in [3.63, 3.8) is 0 Å². The quantitative estimate of drug-likeness (QED) is 0.752. The molecule has 8 heteroatoms. The minimum absolute atomic E-state index is 0.00276. The van der Waals surface area contributed by atoms with Crippen LogP contribution >= 0.6 is 0 Å². The van der Waals surface area contributed by atoms with Gasteiger partial charge in [0.2, 0.25) is 0 Å². The van der Waals surface area contributed by atoms with Gasteiger partial charge in [-0.3, -0.25) is 4.79 Å². The van der Waals surface area contributed by atoms with Crippen molar-refractivity contribution in [2.45, 2.75) is 44.8 Å². The number of hydrogen-bond donors (Lipinski definition) is 1. The molecule has 3 aliphatic rings. The van der Waals surface area contributed by atoms with Crippen molar-refractivity contribution in [3.05, 3.63) is 29.3 Å². The van der Waals surface area contributed by atoms with Crippen molar-refractivity contribution in [2.75, 3.05) is 24.6 Å². The molecule has 2 atom stereocenters. The maximum absolute atomic E-state index is 14.8. The van der Waals surface area contributed by atoms with Crippen LogP contribution in [0.2, 0.25) is 0 Å². The number of anilines is 1. The highest BCUT2D eigenvalue weighted by molar-refractivity contribution is 6.04. The van der Waals surface area contributed by atoms with Crippen LogP contribution in [0, 0.1) is 23.5 Å². The summed E-state index contributed by atoms with van der Waals surface area (Å²) < 4.78 is 35.6. The lowest BCUT2D eigenvalue weighted by molar-refractivity contribution is -0.137. The number of carbonyl (C=O) groups is 1. The smallest absolute Gasteiger partial charge is 0.303 e. The number of carboxylic acid groups (broad SMARTS) is 1. The number of benzene rings is 1. The molecule has 2 aliphatic heterocycles. The van der Waals surface area contributed by atoms with Crippen molar-refractivity contribution in [3.8, 4) is 0 Å². The average molecular weight is 405 g/mol. The summed E-state index contributed by atoms with van der Waals surface area (Å²) in [5.74, 6) is -1.55. The number of amidine groups is 1. The zero-order valence-corrected chi connectivity index (χ0v) is 16.4. The third-order valence-electron chi connectivity index (χ3n) is 5.69. The van der Waals surface area contributed by atoms with E-state index in [9.17, 15) is 13.6 Å². The van der Waals surface area contributed by atoms with E-state index >= 15 is 0 Å². The first-order valence-electron chi connectivity index (χ1n) is 10.1. The summed E-state index contributed by atoms with van der Waals surface area (Å²) in [5.41, 5.74) is -0.624. The molecule has 1 aromatic carbocycles. The molecule has 1 saturated heterocycles. The Morgan fingerprint density at radius 3 is 2.66 bits per heavy atom. The minimum Gasteiger partial charge on any atom is -0.481 e. The Morgan fingerprint density at radius 2 is 2.00 bits per heavy atom. The van der Waals surface area contributed by atoms with E-state index in [0.717, 1.165) is 0 Å². The second-order valence-electron chi connectivity index (χ2n) is 8.37. The van der Waals surface area contributed by atoms with Crippen molar-refractivity contribution >= 4 is 23.7 Å². The van der Waals surface area contributed by atoms with Gasteiger partial charge in [0.05, 0.1) is 6.61 Å². The first-order valence-corrected chi connectivity index (χ1v) is 10.1. The third-order valence-corrected chi connectivity index (χ3v) is 5.69. The Kier molecular flexibility index (Phi) is 5.38. The van der Waals surface area contributed by atoms with E-state index in [2.05, 4.69) is 9.98 Å². The Labute approximate surface area is 168 Å². The Bertz CT molecular complexity index is 846. The van der Waals surface area contributed by atoms with Gasteiger partial charge in [0.1, 0.15) is 17.3 Å². The van der Waals surface area contributed by atoms with Crippen LogP contribution in [0.3, 0.4) is 0 Å². The molecule has 0 spiro atoms. The average Bonchev–Trinajstić information content (AvgIpc) is 3.38. The lowest BCUT2D eigenvalue weighted by Crippen LogP contribution is -2.32. The van der Waals surface area contributed by atoms with Gasteiger partial charge in [0.25, 0.3) is 0 Å². The molecule has 1 aliphatic carbocycles. The number of nitrogens with zero attached hydrogens (tertiary/aromatic N) is 3. The second-order valence-corrected chi connectivity index (χ2v) is 8.37. The second kappa shape index (κ2) is 7.82. The van der Waals surface area contributed by atoms with Gasteiger partial charge in [0.15, 0.2) is 11.6 Å². The predicted molar refractivity (Wildman–Crippen MR) is 106 cm³/mol. The molecule has 2 unspecified atom stereocenters. The summed E-state index contributed by atoms with van der Waals surface area (Å²) >= 11 is 0. The van der Waals surface area contributed by atoms with E-state index in [-0.39, 0.29) is 29.4 Å². The molecular weight excluding hydrogens is 380 g/mol. The molecule has 29 heavy (non-hydrogen) atoms. The van der Waals surface area contributed by atoms with Gasteiger partial charge in [-0.2, -0.15) is 0 Å². The lowest BCUT2D eigenvalue weighted by Gasteiger charge is -2.27. The standard InChI is InChI=1S/C21H25F2N3O3/c1-21(29-12-13-2-3-13)5-6-24-20(25-21)15-9-16(22)19(17(23)10-15)26-7-4-14(11-26)8-18(27)28/h6,9-10,13-14H,2-5,7-8,11-12H2,1H3,(H,27,28). The van der Waals surface area contributed by atoms with Crippen LogP contribution in [0.1, 0.15) is 44.6 Å². The molecule has 4 rings (SSSR count). The van der Waals surface area contributed by atoms with Crippen LogP contribution in [0.25, 0.3) is 0 Å². The van der Waals surface area contributed by atoms with Crippen molar-refractivity contribution in [1.82, 2.24) is 0 Å². The highest BCUT2D eigenvalue weighted by atomic mass is 19.1. The van der Waals surface area contributed by atoms with Crippen LogP contribution in [-0.4, -0.2) is 48.5 Å². The summed E-state index contributed by atoms with van der Waals surface area (Å²) in [4.78, 5) is 21.2. The molecule has 0 radical (unpaired) electrons. The van der Waals surface area contributed by atoms with Gasteiger partial charge >= 0.3 is 5.97 Å². The zero-order chi connectivity index (χ0) is 20.6. The van der Waals surface area contributed by atoms with Gasteiger partial charge < -0.3 is 14.7 Å². The highest BCUT2D eigenvalue weighted by Crippen LogP contribution is 2.34. The van der Waals surface area contributed by atoms with E-state index in [1.54, 1.807) is 11.1 Å². The van der Waals surface area contributed by atoms with Gasteiger partial charge in [0, 0.05) is 37.7 Å². The maximum Gasteiger partial charge on any atom is 0.303 e. The number of aliphatic imine (C=N–C) groups is 2. The van der Waals surface area contributed by atoms with E-state index in [4.69, 9.17) is 9.84 Å².